The van der Waals surface area contributed by atoms with Crippen LogP contribution < -0.4 is 0 Å². The molecule has 0 saturated heterocycles. The van der Waals surface area contributed by atoms with Crippen molar-refractivity contribution < 1.29 is 9.90 Å². The molecule has 3 rings (SSSR count). The van der Waals surface area contributed by atoms with Crippen molar-refractivity contribution in [2.24, 2.45) is 5.92 Å². The van der Waals surface area contributed by atoms with E-state index in [1.807, 2.05) is 6.07 Å². The van der Waals surface area contributed by atoms with Crippen molar-refractivity contribution in [1.82, 2.24) is 9.55 Å². The van der Waals surface area contributed by atoms with Gasteiger partial charge in [0, 0.05) is 11.5 Å². The highest BCUT2D eigenvalue weighted by atomic mass is 16.4. The van der Waals surface area contributed by atoms with Crippen molar-refractivity contribution in [2.45, 2.75) is 45.6 Å². The monoisotopic (exact) mass is 272 g/mol. The summed E-state index contributed by atoms with van der Waals surface area (Å²) in [6.45, 7) is 8.69. The molecule has 1 aromatic heterocycles. The molecular formula is C16H20N2O2. The number of aromatic carboxylic acids is 1. The van der Waals surface area contributed by atoms with Gasteiger partial charge in [0.25, 0.3) is 0 Å². The molecule has 0 amide bonds. The van der Waals surface area contributed by atoms with Crippen molar-refractivity contribution in [3.63, 3.8) is 0 Å². The summed E-state index contributed by atoms with van der Waals surface area (Å²) in [5.74, 6) is 0.815. The number of carbonyl (C=O) groups is 1. The number of carboxylic acid groups (broad SMARTS) is 1. The lowest BCUT2D eigenvalue weighted by molar-refractivity contribution is 0.0697. The van der Waals surface area contributed by atoms with E-state index in [0.29, 0.717) is 17.5 Å². The normalized spacial score (nSPS) is 22.2. The third kappa shape index (κ3) is 1.99. The number of imidazole rings is 1. The molecule has 1 N–H and O–H groups in total. The maximum Gasteiger partial charge on any atom is 0.335 e. The maximum absolute atomic E-state index is 11.1. The van der Waals surface area contributed by atoms with E-state index in [1.165, 1.54) is 6.42 Å². The predicted molar refractivity (Wildman–Crippen MR) is 78.2 cm³/mol. The van der Waals surface area contributed by atoms with Crippen molar-refractivity contribution in [2.75, 3.05) is 0 Å². The molecule has 1 heterocycles. The quantitative estimate of drug-likeness (QED) is 0.908. The molecule has 1 aliphatic carbocycles. The summed E-state index contributed by atoms with van der Waals surface area (Å²) in [6, 6.07) is 5.75. The second-order valence-corrected chi connectivity index (χ2v) is 6.84. The van der Waals surface area contributed by atoms with Gasteiger partial charge < -0.3 is 9.67 Å². The molecule has 1 saturated carbocycles. The molecule has 4 nitrogen and oxygen atoms in total. The van der Waals surface area contributed by atoms with E-state index in [2.05, 4.69) is 32.3 Å². The standard InChI is InChI=1S/C16H20N2O2/c1-9-7-13(9)18-12-6-5-10(14(19)20)8-11(12)17-15(18)16(2,3)4/h5-6,8-9,13H,7H2,1-4H3,(H,19,20). The van der Waals surface area contributed by atoms with Gasteiger partial charge in [-0.3, -0.25) is 0 Å². The number of carboxylic acids is 1. The van der Waals surface area contributed by atoms with E-state index in [1.54, 1.807) is 12.1 Å². The Kier molecular flexibility index (Phi) is 2.68. The van der Waals surface area contributed by atoms with Gasteiger partial charge in [0.15, 0.2) is 0 Å². The molecule has 2 atom stereocenters. The van der Waals surface area contributed by atoms with E-state index in [9.17, 15) is 4.79 Å². The third-order valence-electron chi connectivity index (χ3n) is 4.01. The van der Waals surface area contributed by atoms with Crippen molar-refractivity contribution in [3.8, 4) is 0 Å². The highest BCUT2D eigenvalue weighted by Gasteiger charge is 2.39. The van der Waals surface area contributed by atoms with Crippen molar-refractivity contribution in [3.05, 3.63) is 29.6 Å². The van der Waals surface area contributed by atoms with Crippen LogP contribution in [0.2, 0.25) is 0 Å². The minimum absolute atomic E-state index is 0.0509. The van der Waals surface area contributed by atoms with Crippen LogP contribution >= 0.6 is 0 Å². The lowest BCUT2D eigenvalue weighted by Gasteiger charge is -2.20. The molecule has 0 radical (unpaired) electrons. The van der Waals surface area contributed by atoms with Crippen LogP contribution in [-0.2, 0) is 5.41 Å². The molecule has 0 spiro atoms. The van der Waals surface area contributed by atoms with Gasteiger partial charge >= 0.3 is 5.97 Å². The zero-order chi connectivity index (χ0) is 14.7. The highest BCUT2D eigenvalue weighted by Crippen LogP contribution is 2.46. The minimum Gasteiger partial charge on any atom is -0.478 e. The molecule has 1 aromatic carbocycles. The Morgan fingerprint density at radius 2 is 2.05 bits per heavy atom. The smallest absolute Gasteiger partial charge is 0.335 e. The van der Waals surface area contributed by atoms with Crippen LogP contribution in [0.3, 0.4) is 0 Å². The van der Waals surface area contributed by atoms with Gasteiger partial charge in [0.1, 0.15) is 5.82 Å². The summed E-state index contributed by atoms with van der Waals surface area (Å²) in [6.07, 6.45) is 1.18. The van der Waals surface area contributed by atoms with Crippen molar-refractivity contribution in [1.29, 1.82) is 0 Å². The summed E-state index contributed by atoms with van der Waals surface area (Å²) in [5, 5.41) is 9.11. The van der Waals surface area contributed by atoms with Crippen LogP contribution in [-0.4, -0.2) is 20.6 Å². The number of rotatable bonds is 2. The van der Waals surface area contributed by atoms with Gasteiger partial charge in [-0.25, -0.2) is 9.78 Å². The van der Waals surface area contributed by atoms with Crippen LogP contribution in [0.5, 0.6) is 0 Å². The highest BCUT2D eigenvalue weighted by molar-refractivity contribution is 5.92. The Bertz CT molecular complexity index is 694. The SMILES string of the molecule is CC1CC1n1c(C(C)(C)C)nc2cc(C(=O)O)ccc21. The van der Waals surface area contributed by atoms with Crippen LogP contribution in [0.1, 0.15) is 56.3 Å². The third-order valence-corrected chi connectivity index (χ3v) is 4.01. The van der Waals surface area contributed by atoms with Crippen LogP contribution in [0.4, 0.5) is 0 Å². The molecule has 0 aliphatic heterocycles. The Morgan fingerprint density at radius 3 is 2.55 bits per heavy atom. The van der Waals surface area contributed by atoms with E-state index in [0.717, 1.165) is 16.9 Å². The molecule has 20 heavy (non-hydrogen) atoms. The molecule has 1 aliphatic rings. The van der Waals surface area contributed by atoms with Gasteiger partial charge in [-0.05, 0) is 30.5 Å². The second kappa shape index (κ2) is 4.08. The summed E-state index contributed by atoms with van der Waals surface area (Å²) in [7, 11) is 0. The average molecular weight is 272 g/mol. The van der Waals surface area contributed by atoms with Gasteiger partial charge in [-0.2, -0.15) is 0 Å². The van der Waals surface area contributed by atoms with Gasteiger partial charge in [-0.15, -0.1) is 0 Å². The first-order chi connectivity index (χ1) is 9.29. The fourth-order valence-corrected chi connectivity index (χ4v) is 2.76. The number of benzene rings is 1. The fourth-order valence-electron chi connectivity index (χ4n) is 2.76. The lowest BCUT2D eigenvalue weighted by atomic mass is 9.95. The van der Waals surface area contributed by atoms with Gasteiger partial charge in [0.2, 0.25) is 0 Å². The molecule has 0 bridgehead atoms. The fraction of sp³-hybridized carbons (Fsp3) is 0.500. The maximum atomic E-state index is 11.1. The summed E-state index contributed by atoms with van der Waals surface area (Å²) in [4.78, 5) is 15.8. The Hall–Kier alpha value is -1.84. The number of aromatic nitrogens is 2. The molecule has 106 valence electrons. The lowest BCUT2D eigenvalue weighted by Crippen LogP contribution is -2.18. The number of fused-ring (bicyclic) bond motifs is 1. The Balaban J connectivity index is 2.24. The van der Waals surface area contributed by atoms with Crippen LogP contribution in [0.25, 0.3) is 11.0 Å². The van der Waals surface area contributed by atoms with E-state index < -0.39 is 5.97 Å². The molecule has 1 fully saturated rings. The number of hydrogen-bond donors (Lipinski definition) is 1. The van der Waals surface area contributed by atoms with Gasteiger partial charge in [0.05, 0.1) is 16.6 Å². The topological polar surface area (TPSA) is 55.1 Å². The summed E-state index contributed by atoms with van der Waals surface area (Å²) in [5.41, 5.74) is 2.08. The predicted octanol–water partition coefficient (Wildman–Crippen LogP) is 3.61. The second-order valence-electron chi connectivity index (χ2n) is 6.84. The Morgan fingerprint density at radius 1 is 1.40 bits per heavy atom. The zero-order valence-electron chi connectivity index (χ0n) is 12.3. The average Bonchev–Trinajstić information content (AvgIpc) is 2.93. The largest absolute Gasteiger partial charge is 0.478 e. The van der Waals surface area contributed by atoms with E-state index in [-0.39, 0.29) is 5.41 Å². The molecule has 2 aromatic rings. The van der Waals surface area contributed by atoms with Crippen LogP contribution in [0, 0.1) is 5.92 Å². The molecule has 2 unspecified atom stereocenters. The number of nitrogens with zero attached hydrogens (tertiary/aromatic N) is 2. The van der Waals surface area contributed by atoms with Crippen molar-refractivity contribution >= 4 is 17.0 Å². The Labute approximate surface area is 118 Å². The number of hydrogen-bond acceptors (Lipinski definition) is 2. The van der Waals surface area contributed by atoms with E-state index in [4.69, 9.17) is 10.1 Å². The first kappa shape index (κ1) is 13.2. The van der Waals surface area contributed by atoms with E-state index >= 15 is 0 Å². The molecule has 4 heteroatoms. The summed E-state index contributed by atoms with van der Waals surface area (Å²) >= 11 is 0. The summed E-state index contributed by atoms with van der Waals surface area (Å²) < 4.78 is 2.31. The van der Waals surface area contributed by atoms with Crippen LogP contribution in [0.15, 0.2) is 18.2 Å². The first-order valence-corrected chi connectivity index (χ1v) is 7.05. The zero-order valence-corrected chi connectivity index (χ0v) is 12.3. The molecular weight excluding hydrogens is 252 g/mol. The first-order valence-electron chi connectivity index (χ1n) is 7.05. The van der Waals surface area contributed by atoms with Gasteiger partial charge in [-0.1, -0.05) is 27.7 Å². The minimum atomic E-state index is -0.904.